The Balaban J connectivity index is 1.42. The maximum atomic E-state index is 12.7. The summed E-state index contributed by atoms with van der Waals surface area (Å²) in [5.41, 5.74) is 3.35. The number of amides is 1. The van der Waals surface area contributed by atoms with Crippen LogP contribution in [-0.2, 0) is 4.79 Å². The fraction of sp³-hybridized carbons (Fsp3) is 0.667. The fourth-order valence-corrected chi connectivity index (χ4v) is 7.70. The van der Waals surface area contributed by atoms with Gasteiger partial charge < -0.3 is 5.32 Å². The molecule has 0 saturated heterocycles. The summed E-state index contributed by atoms with van der Waals surface area (Å²) in [7, 11) is 0. The van der Waals surface area contributed by atoms with Crippen molar-refractivity contribution in [3.05, 3.63) is 29.3 Å². The number of carbonyl (C=O) groups is 1. The smallest absolute Gasteiger partial charge is 0.237 e. The molecule has 1 atom stereocenters. The molecule has 1 N–H and O–H groups in total. The van der Waals surface area contributed by atoms with Crippen molar-refractivity contribution in [2.24, 2.45) is 17.8 Å². The van der Waals surface area contributed by atoms with Crippen LogP contribution in [-0.4, -0.2) is 15.9 Å². The predicted molar refractivity (Wildman–Crippen MR) is 103 cm³/mol. The van der Waals surface area contributed by atoms with E-state index in [-0.39, 0.29) is 11.2 Å². The Morgan fingerprint density at radius 1 is 1.12 bits per heavy atom. The van der Waals surface area contributed by atoms with Crippen molar-refractivity contribution >= 4 is 23.4 Å². The lowest BCUT2D eigenvalue weighted by Crippen LogP contribution is -2.49. The first-order valence-corrected chi connectivity index (χ1v) is 10.4. The molecule has 0 aromatic heterocycles. The summed E-state index contributed by atoms with van der Waals surface area (Å²) >= 11 is 1.98. The molecule has 2 nitrogen and oxygen atoms in total. The molecule has 0 radical (unpaired) electrons. The summed E-state index contributed by atoms with van der Waals surface area (Å²) in [6, 6.07) is 6.23. The molecule has 130 valence electrons. The third-order valence-electron chi connectivity index (χ3n) is 6.42. The Hall–Kier alpha value is -0.960. The van der Waals surface area contributed by atoms with Crippen LogP contribution in [0.2, 0.25) is 0 Å². The molecule has 4 saturated carbocycles. The van der Waals surface area contributed by atoms with Crippen LogP contribution in [0.1, 0.15) is 56.6 Å². The number of nitrogens with one attached hydrogen (secondary N) is 1. The molecule has 1 amide bonds. The molecule has 4 bridgehead atoms. The lowest BCUT2D eigenvalue weighted by molar-refractivity contribution is -0.115. The highest BCUT2D eigenvalue weighted by Crippen LogP contribution is 2.61. The average molecular weight is 344 g/mol. The Kier molecular flexibility index (Phi) is 4.19. The van der Waals surface area contributed by atoms with Crippen LogP contribution < -0.4 is 5.32 Å². The third kappa shape index (κ3) is 3.12. The van der Waals surface area contributed by atoms with Crippen molar-refractivity contribution in [1.29, 1.82) is 0 Å². The van der Waals surface area contributed by atoms with E-state index in [0.717, 1.165) is 29.0 Å². The quantitative estimate of drug-likeness (QED) is 0.800. The van der Waals surface area contributed by atoms with E-state index in [1.807, 2.05) is 17.8 Å². The zero-order valence-electron chi connectivity index (χ0n) is 15.1. The highest BCUT2D eigenvalue weighted by molar-refractivity contribution is 8.01. The van der Waals surface area contributed by atoms with Crippen molar-refractivity contribution < 1.29 is 4.79 Å². The normalized spacial score (nSPS) is 35.0. The zero-order valence-corrected chi connectivity index (χ0v) is 15.9. The van der Waals surface area contributed by atoms with Crippen LogP contribution >= 0.6 is 11.8 Å². The second kappa shape index (κ2) is 6.09. The van der Waals surface area contributed by atoms with Gasteiger partial charge in [0.15, 0.2) is 0 Å². The van der Waals surface area contributed by atoms with Crippen LogP contribution in [0.3, 0.4) is 0 Å². The summed E-state index contributed by atoms with van der Waals surface area (Å²) in [4.78, 5) is 12.7. The molecule has 5 rings (SSSR count). The lowest BCUT2D eigenvalue weighted by atomic mass is 9.56. The van der Waals surface area contributed by atoms with Gasteiger partial charge in [0.1, 0.15) is 0 Å². The van der Waals surface area contributed by atoms with Gasteiger partial charge in [0.05, 0.1) is 5.25 Å². The fourth-order valence-electron chi connectivity index (χ4n) is 5.79. The minimum atomic E-state index is 0.0296. The van der Waals surface area contributed by atoms with Gasteiger partial charge in [-0.05, 0) is 88.7 Å². The molecule has 4 aliphatic rings. The maximum Gasteiger partial charge on any atom is 0.237 e. The van der Waals surface area contributed by atoms with Gasteiger partial charge in [-0.25, -0.2) is 0 Å². The highest BCUT2D eigenvalue weighted by Gasteiger charge is 2.52. The molecule has 4 aliphatic carbocycles. The first kappa shape index (κ1) is 16.5. The van der Waals surface area contributed by atoms with Crippen LogP contribution in [0.4, 0.5) is 5.69 Å². The van der Waals surface area contributed by atoms with Gasteiger partial charge in [0, 0.05) is 10.4 Å². The van der Waals surface area contributed by atoms with Gasteiger partial charge in [-0.15, -0.1) is 11.8 Å². The molecule has 0 heterocycles. The van der Waals surface area contributed by atoms with Gasteiger partial charge in [0.2, 0.25) is 5.91 Å². The predicted octanol–water partition coefficient (Wildman–Crippen LogP) is 5.33. The number of carbonyl (C=O) groups excluding carboxylic acids is 1. The molecule has 0 spiro atoms. The van der Waals surface area contributed by atoms with Crippen molar-refractivity contribution in [2.45, 2.75) is 69.3 Å². The van der Waals surface area contributed by atoms with E-state index in [1.165, 1.54) is 44.1 Å². The first-order valence-electron chi connectivity index (χ1n) is 9.48. The standard InChI is InChI=1S/C21H29NOS/c1-13-4-5-19(14(2)6-13)22-20(23)15(3)24-21-10-16-7-17(11-21)9-18(8-16)12-21/h4-6,15-18H,7-12H2,1-3H3,(H,22,23)/t15-,16?,17?,18?,21?/m1/s1. The van der Waals surface area contributed by atoms with E-state index < -0.39 is 0 Å². The molecule has 0 unspecified atom stereocenters. The average Bonchev–Trinajstić information content (AvgIpc) is 2.48. The second-order valence-corrected chi connectivity index (χ2v) is 10.5. The minimum absolute atomic E-state index is 0.0296. The lowest BCUT2D eigenvalue weighted by Gasteiger charge is -2.57. The number of rotatable bonds is 4. The molecule has 24 heavy (non-hydrogen) atoms. The molecular formula is C21H29NOS. The van der Waals surface area contributed by atoms with E-state index in [0.29, 0.717) is 4.75 Å². The highest BCUT2D eigenvalue weighted by atomic mass is 32.2. The Labute approximate surface area is 150 Å². The van der Waals surface area contributed by atoms with Crippen LogP contribution in [0.5, 0.6) is 0 Å². The SMILES string of the molecule is Cc1ccc(NC(=O)[C@@H](C)SC23CC4CC(CC(C4)C2)C3)c(C)c1. The minimum Gasteiger partial charge on any atom is -0.325 e. The summed E-state index contributed by atoms with van der Waals surface area (Å²) in [5, 5.41) is 3.19. The van der Waals surface area contributed by atoms with Crippen LogP contribution in [0, 0.1) is 31.6 Å². The van der Waals surface area contributed by atoms with Crippen molar-refractivity contribution in [3.8, 4) is 0 Å². The Morgan fingerprint density at radius 2 is 1.71 bits per heavy atom. The van der Waals surface area contributed by atoms with E-state index in [1.54, 1.807) is 0 Å². The van der Waals surface area contributed by atoms with E-state index in [4.69, 9.17) is 0 Å². The second-order valence-electron chi connectivity index (χ2n) is 8.67. The monoisotopic (exact) mass is 343 g/mol. The Bertz CT molecular complexity index is 618. The van der Waals surface area contributed by atoms with E-state index in [2.05, 4.69) is 38.2 Å². The Morgan fingerprint density at radius 3 is 2.25 bits per heavy atom. The van der Waals surface area contributed by atoms with Gasteiger partial charge in [0.25, 0.3) is 0 Å². The number of thioether (sulfide) groups is 1. The number of hydrogen-bond acceptors (Lipinski definition) is 2. The maximum absolute atomic E-state index is 12.7. The summed E-state index contributed by atoms with van der Waals surface area (Å²) in [6.45, 7) is 6.26. The first-order chi connectivity index (χ1) is 11.4. The van der Waals surface area contributed by atoms with Crippen molar-refractivity contribution in [2.75, 3.05) is 5.32 Å². The van der Waals surface area contributed by atoms with E-state index in [9.17, 15) is 4.79 Å². The van der Waals surface area contributed by atoms with Crippen molar-refractivity contribution in [1.82, 2.24) is 0 Å². The molecule has 0 aliphatic heterocycles. The summed E-state index contributed by atoms with van der Waals surface area (Å²) < 4.78 is 0.397. The van der Waals surface area contributed by atoms with Crippen LogP contribution in [0.25, 0.3) is 0 Å². The third-order valence-corrected chi connectivity index (χ3v) is 7.99. The summed E-state index contributed by atoms with van der Waals surface area (Å²) in [5.74, 6) is 3.00. The number of aryl methyl sites for hydroxylation is 2. The molecule has 1 aromatic rings. The van der Waals surface area contributed by atoms with Gasteiger partial charge in [-0.3, -0.25) is 4.79 Å². The van der Waals surface area contributed by atoms with Gasteiger partial charge in [-0.1, -0.05) is 17.7 Å². The number of anilines is 1. The molecule has 3 heteroatoms. The van der Waals surface area contributed by atoms with Gasteiger partial charge >= 0.3 is 0 Å². The number of hydrogen-bond donors (Lipinski definition) is 1. The van der Waals surface area contributed by atoms with Crippen LogP contribution in [0.15, 0.2) is 18.2 Å². The zero-order chi connectivity index (χ0) is 16.9. The molecule has 4 fully saturated rings. The van der Waals surface area contributed by atoms with Crippen molar-refractivity contribution in [3.63, 3.8) is 0 Å². The van der Waals surface area contributed by atoms with E-state index >= 15 is 0 Å². The largest absolute Gasteiger partial charge is 0.325 e. The van der Waals surface area contributed by atoms with Gasteiger partial charge in [-0.2, -0.15) is 0 Å². The molecule has 1 aromatic carbocycles. The topological polar surface area (TPSA) is 29.1 Å². The summed E-state index contributed by atoms with van der Waals surface area (Å²) in [6.07, 6.45) is 8.44. The number of benzene rings is 1. The molecular weight excluding hydrogens is 314 g/mol.